The van der Waals surface area contributed by atoms with Gasteiger partial charge in [0.05, 0.1) is 0 Å². The van der Waals surface area contributed by atoms with Crippen LogP contribution in [0.1, 0.15) is 74.1 Å². The van der Waals surface area contributed by atoms with Crippen LogP contribution in [-0.2, 0) is 22.6 Å². The Balaban J connectivity index is 1.74. The second-order valence-corrected chi connectivity index (χ2v) is 9.26. The van der Waals surface area contributed by atoms with Gasteiger partial charge in [0, 0.05) is 19.0 Å². The lowest BCUT2D eigenvalue weighted by Gasteiger charge is -2.33. The predicted molar refractivity (Wildman–Crippen MR) is 130 cm³/mol. The van der Waals surface area contributed by atoms with Crippen LogP contribution < -0.4 is 5.32 Å². The van der Waals surface area contributed by atoms with E-state index in [0.29, 0.717) is 25.8 Å². The number of amides is 2. The van der Waals surface area contributed by atoms with Crippen molar-refractivity contribution >= 4 is 11.8 Å². The average molecular weight is 435 g/mol. The molecule has 2 amide bonds. The highest BCUT2D eigenvalue weighted by molar-refractivity contribution is 5.88. The first kappa shape index (κ1) is 24.0. The minimum atomic E-state index is -0.442. The lowest BCUT2D eigenvalue weighted by atomic mass is 9.95. The first-order chi connectivity index (χ1) is 15.5. The number of rotatable bonds is 9. The zero-order chi connectivity index (χ0) is 22.9. The number of nitrogens with zero attached hydrogens (tertiary/aromatic N) is 1. The molecule has 2 aromatic carbocycles. The molecule has 0 heterocycles. The molecule has 0 saturated heterocycles. The molecule has 4 nitrogen and oxygen atoms in total. The van der Waals surface area contributed by atoms with Crippen LogP contribution >= 0.6 is 0 Å². The Morgan fingerprint density at radius 1 is 0.969 bits per heavy atom. The Hall–Kier alpha value is -2.62. The molecule has 0 bridgehead atoms. The summed E-state index contributed by atoms with van der Waals surface area (Å²) in [6.07, 6.45) is 7.38. The van der Waals surface area contributed by atoms with Gasteiger partial charge in [-0.25, -0.2) is 0 Å². The monoisotopic (exact) mass is 434 g/mol. The van der Waals surface area contributed by atoms with Gasteiger partial charge in [-0.15, -0.1) is 0 Å². The topological polar surface area (TPSA) is 49.4 Å². The Kier molecular flexibility index (Phi) is 8.90. The molecule has 1 saturated carbocycles. The average Bonchev–Trinajstić information content (AvgIpc) is 2.79. The molecule has 0 spiro atoms. The minimum absolute atomic E-state index is 0.00395. The van der Waals surface area contributed by atoms with Crippen molar-refractivity contribution in [1.29, 1.82) is 0 Å². The van der Waals surface area contributed by atoms with Gasteiger partial charge in [0.1, 0.15) is 6.04 Å². The first-order valence-electron chi connectivity index (χ1n) is 12.2. The van der Waals surface area contributed by atoms with Crippen LogP contribution in [0.2, 0.25) is 0 Å². The standard InChI is InChI=1S/C28H38N2O2/c1-4-26(28(32)29-25-11-6-5-7-12-25)30(20-24-10-8-9-22(3)19-24)27(31)18-17-23-15-13-21(2)14-16-23/h8-10,13-16,19,25-26H,4-7,11-12,17-18,20H2,1-3H3,(H,29,32)/t26-/m1/s1. The molecular weight excluding hydrogens is 396 g/mol. The van der Waals surface area contributed by atoms with Gasteiger partial charge >= 0.3 is 0 Å². The molecule has 3 rings (SSSR count). The van der Waals surface area contributed by atoms with Crippen molar-refractivity contribution in [3.8, 4) is 0 Å². The third kappa shape index (κ3) is 6.94. The molecule has 1 aliphatic carbocycles. The molecule has 0 unspecified atom stereocenters. The molecule has 1 N–H and O–H groups in total. The van der Waals surface area contributed by atoms with E-state index in [4.69, 9.17) is 0 Å². The number of nitrogens with one attached hydrogen (secondary N) is 1. The molecule has 2 aromatic rings. The van der Waals surface area contributed by atoms with E-state index >= 15 is 0 Å². The summed E-state index contributed by atoms with van der Waals surface area (Å²) in [5.74, 6) is 0.0356. The normalized spacial score (nSPS) is 15.2. The highest BCUT2D eigenvalue weighted by Gasteiger charge is 2.30. The molecule has 1 fully saturated rings. The number of aryl methyl sites for hydroxylation is 3. The van der Waals surface area contributed by atoms with Crippen molar-refractivity contribution in [3.05, 3.63) is 70.8 Å². The van der Waals surface area contributed by atoms with E-state index in [-0.39, 0.29) is 17.9 Å². The number of benzene rings is 2. The lowest BCUT2D eigenvalue weighted by Crippen LogP contribution is -2.51. The third-order valence-electron chi connectivity index (χ3n) is 6.52. The smallest absolute Gasteiger partial charge is 0.243 e. The molecule has 4 heteroatoms. The summed E-state index contributed by atoms with van der Waals surface area (Å²) < 4.78 is 0. The maximum Gasteiger partial charge on any atom is 0.243 e. The highest BCUT2D eigenvalue weighted by atomic mass is 16.2. The van der Waals surface area contributed by atoms with Gasteiger partial charge in [0.2, 0.25) is 11.8 Å². The van der Waals surface area contributed by atoms with E-state index in [1.807, 2.05) is 19.1 Å². The van der Waals surface area contributed by atoms with Crippen molar-refractivity contribution in [2.24, 2.45) is 0 Å². The van der Waals surface area contributed by atoms with Gasteiger partial charge in [0.15, 0.2) is 0 Å². The molecule has 0 aromatic heterocycles. The van der Waals surface area contributed by atoms with E-state index in [1.54, 1.807) is 4.90 Å². The largest absolute Gasteiger partial charge is 0.352 e. The van der Waals surface area contributed by atoms with Crippen LogP contribution in [0.5, 0.6) is 0 Å². The first-order valence-corrected chi connectivity index (χ1v) is 12.2. The summed E-state index contributed by atoms with van der Waals surface area (Å²) in [6.45, 7) is 6.59. The SMILES string of the molecule is CC[C@H](C(=O)NC1CCCCC1)N(Cc1cccc(C)c1)C(=O)CCc1ccc(C)cc1. The van der Waals surface area contributed by atoms with E-state index in [2.05, 4.69) is 55.6 Å². The maximum atomic E-state index is 13.4. The van der Waals surface area contributed by atoms with Gasteiger partial charge in [0.25, 0.3) is 0 Å². The Labute approximate surface area is 193 Å². The lowest BCUT2D eigenvalue weighted by molar-refractivity contribution is -0.141. The fourth-order valence-corrected chi connectivity index (χ4v) is 4.62. The summed E-state index contributed by atoms with van der Waals surface area (Å²) in [7, 11) is 0. The molecule has 1 atom stereocenters. The van der Waals surface area contributed by atoms with Crippen LogP contribution in [0.3, 0.4) is 0 Å². The summed E-state index contributed by atoms with van der Waals surface area (Å²) in [6, 6.07) is 16.3. The van der Waals surface area contributed by atoms with Gasteiger partial charge < -0.3 is 10.2 Å². The fourth-order valence-electron chi connectivity index (χ4n) is 4.62. The van der Waals surface area contributed by atoms with Crippen molar-refractivity contribution in [2.45, 2.75) is 90.8 Å². The predicted octanol–water partition coefficient (Wildman–Crippen LogP) is 5.49. The van der Waals surface area contributed by atoms with Crippen LogP contribution in [0, 0.1) is 13.8 Å². The Morgan fingerprint density at radius 3 is 2.34 bits per heavy atom. The van der Waals surface area contributed by atoms with Gasteiger partial charge in [-0.1, -0.05) is 85.8 Å². The van der Waals surface area contributed by atoms with E-state index in [9.17, 15) is 9.59 Å². The van der Waals surface area contributed by atoms with Crippen LogP contribution in [0.15, 0.2) is 48.5 Å². The number of hydrogen-bond acceptors (Lipinski definition) is 2. The van der Waals surface area contributed by atoms with E-state index < -0.39 is 6.04 Å². The second-order valence-electron chi connectivity index (χ2n) is 9.26. The maximum absolute atomic E-state index is 13.4. The quantitative estimate of drug-likeness (QED) is 0.567. The molecule has 32 heavy (non-hydrogen) atoms. The van der Waals surface area contributed by atoms with Gasteiger partial charge in [-0.05, 0) is 50.7 Å². The van der Waals surface area contributed by atoms with Crippen LogP contribution in [-0.4, -0.2) is 28.8 Å². The van der Waals surface area contributed by atoms with Crippen molar-refractivity contribution in [1.82, 2.24) is 10.2 Å². The minimum Gasteiger partial charge on any atom is -0.352 e. The summed E-state index contributed by atoms with van der Waals surface area (Å²) in [5.41, 5.74) is 4.60. The number of carbonyl (C=O) groups excluding carboxylic acids is 2. The zero-order valence-electron chi connectivity index (χ0n) is 19.9. The fraction of sp³-hybridized carbons (Fsp3) is 0.500. The van der Waals surface area contributed by atoms with Crippen molar-refractivity contribution in [3.63, 3.8) is 0 Å². The van der Waals surface area contributed by atoms with Crippen LogP contribution in [0.4, 0.5) is 0 Å². The molecule has 172 valence electrons. The molecule has 0 radical (unpaired) electrons. The summed E-state index contributed by atoms with van der Waals surface area (Å²) in [4.78, 5) is 28.5. The third-order valence-corrected chi connectivity index (χ3v) is 6.52. The van der Waals surface area contributed by atoms with E-state index in [1.165, 1.54) is 24.8 Å². The molecule has 0 aliphatic heterocycles. The second kappa shape index (κ2) is 11.8. The van der Waals surface area contributed by atoms with Gasteiger partial charge in [-0.3, -0.25) is 9.59 Å². The van der Waals surface area contributed by atoms with Crippen molar-refractivity contribution in [2.75, 3.05) is 0 Å². The van der Waals surface area contributed by atoms with E-state index in [0.717, 1.165) is 29.5 Å². The Morgan fingerprint density at radius 2 is 1.69 bits per heavy atom. The van der Waals surface area contributed by atoms with Gasteiger partial charge in [-0.2, -0.15) is 0 Å². The van der Waals surface area contributed by atoms with Crippen molar-refractivity contribution < 1.29 is 9.59 Å². The van der Waals surface area contributed by atoms with Crippen LogP contribution in [0.25, 0.3) is 0 Å². The highest BCUT2D eigenvalue weighted by Crippen LogP contribution is 2.20. The zero-order valence-corrected chi connectivity index (χ0v) is 19.9. The summed E-state index contributed by atoms with van der Waals surface area (Å²) in [5, 5.41) is 3.25. The summed E-state index contributed by atoms with van der Waals surface area (Å²) >= 11 is 0. The Bertz CT molecular complexity index is 885. The molecule has 1 aliphatic rings. The number of carbonyl (C=O) groups is 2. The number of hydrogen-bond donors (Lipinski definition) is 1. The molecular formula is C28H38N2O2.